The van der Waals surface area contributed by atoms with E-state index in [1.54, 1.807) is 6.07 Å². The van der Waals surface area contributed by atoms with E-state index < -0.39 is 0 Å². The smallest absolute Gasteiger partial charge is 0.143 e. The number of aryl methyl sites for hydroxylation is 2. The second-order valence-electron chi connectivity index (χ2n) is 6.82. The molecule has 0 spiro atoms. The van der Waals surface area contributed by atoms with Crippen LogP contribution in [0.3, 0.4) is 0 Å². The van der Waals surface area contributed by atoms with Gasteiger partial charge < -0.3 is 5.11 Å². The average Bonchev–Trinajstić information content (AvgIpc) is 2.74. The number of benzene rings is 4. The standard InChI is InChI=1S/C24H20N4O/c1-16-15-22(17(2)14-21(16)26-25-19-9-4-3-5-10-19)27-28-24-20-11-7-6-8-18(20)12-13-23(24)29/h3-15,29H,1-2H3. The molecule has 4 aromatic carbocycles. The highest BCUT2D eigenvalue weighted by molar-refractivity contribution is 5.95. The first kappa shape index (κ1) is 18.5. The summed E-state index contributed by atoms with van der Waals surface area (Å²) in [7, 11) is 0. The highest BCUT2D eigenvalue weighted by Crippen LogP contribution is 2.37. The van der Waals surface area contributed by atoms with Crippen molar-refractivity contribution in [3.05, 3.63) is 90.0 Å². The lowest BCUT2D eigenvalue weighted by Gasteiger charge is -2.06. The third-order valence-corrected chi connectivity index (χ3v) is 4.68. The minimum absolute atomic E-state index is 0.107. The second kappa shape index (κ2) is 8.02. The van der Waals surface area contributed by atoms with Crippen molar-refractivity contribution in [1.82, 2.24) is 0 Å². The van der Waals surface area contributed by atoms with Crippen molar-refractivity contribution < 1.29 is 5.11 Å². The van der Waals surface area contributed by atoms with Gasteiger partial charge in [-0.25, -0.2) is 0 Å². The summed E-state index contributed by atoms with van der Waals surface area (Å²) in [6, 6.07) is 24.8. The normalized spacial score (nSPS) is 11.7. The quantitative estimate of drug-likeness (QED) is 0.358. The molecule has 0 bridgehead atoms. The van der Waals surface area contributed by atoms with Gasteiger partial charge in [0.2, 0.25) is 0 Å². The molecule has 0 aliphatic heterocycles. The van der Waals surface area contributed by atoms with Gasteiger partial charge in [0.1, 0.15) is 11.4 Å². The zero-order valence-corrected chi connectivity index (χ0v) is 16.2. The van der Waals surface area contributed by atoms with Crippen LogP contribution in [0.15, 0.2) is 99.3 Å². The first-order valence-electron chi connectivity index (χ1n) is 9.32. The molecular formula is C24H20N4O. The Balaban J connectivity index is 1.66. The first-order valence-corrected chi connectivity index (χ1v) is 9.32. The topological polar surface area (TPSA) is 69.7 Å². The van der Waals surface area contributed by atoms with Gasteiger partial charge in [0, 0.05) is 5.39 Å². The molecule has 0 fully saturated rings. The van der Waals surface area contributed by atoms with Gasteiger partial charge in [0.25, 0.3) is 0 Å². The molecule has 1 N–H and O–H groups in total. The molecule has 0 heterocycles. The number of hydrogen-bond donors (Lipinski definition) is 1. The summed E-state index contributed by atoms with van der Waals surface area (Å²) in [5.41, 5.74) is 4.67. The fourth-order valence-corrected chi connectivity index (χ4v) is 3.06. The summed E-state index contributed by atoms with van der Waals surface area (Å²) in [5, 5.41) is 29.5. The van der Waals surface area contributed by atoms with Crippen LogP contribution in [-0.2, 0) is 0 Å². The number of phenols is 1. The number of fused-ring (bicyclic) bond motifs is 1. The van der Waals surface area contributed by atoms with Crippen LogP contribution in [0.1, 0.15) is 11.1 Å². The van der Waals surface area contributed by atoms with Crippen molar-refractivity contribution in [3.63, 3.8) is 0 Å². The summed E-state index contributed by atoms with van der Waals surface area (Å²) < 4.78 is 0. The molecule has 0 atom stereocenters. The van der Waals surface area contributed by atoms with Crippen molar-refractivity contribution in [2.75, 3.05) is 0 Å². The van der Waals surface area contributed by atoms with Crippen molar-refractivity contribution >= 4 is 33.5 Å². The van der Waals surface area contributed by atoms with Gasteiger partial charge in [0.05, 0.1) is 17.1 Å². The van der Waals surface area contributed by atoms with Gasteiger partial charge in [0.15, 0.2) is 0 Å². The fourth-order valence-electron chi connectivity index (χ4n) is 3.06. The Hall–Kier alpha value is -3.86. The van der Waals surface area contributed by atoms with Crippen molar-refractivity contribution in [3.8, 4) is 5.75 Å². The second-order valence-corrected chi connectivity index (χ2v) is 6.82. The Bertz CT molecular complexity index is 1230. The van der Waals surface area contributed by atoms with Gasteiger partial charge in [-0.2, -0.15) is 15.3 Å². The van der Waals surface area contributed by atoms with Crippen molar-refractivity contribution in [2.45, 2.75) is 13.8 Å². The Morgan fingerprint density at radius 3 is 1.97 bits per heavy atom. The molecule has 4 rings (SSSR count). The van der Waals surface area contributed by atoms with Crippen LogP contribution in [0, 0.1) is 13.8 Å². The Kier molecular flexibility index (Phi) is 5.12. The van der Waals surface area contributed by atoms with Gasteiger partial charge in [-0.05, 0) is 60.7 Å². The molecule has 4 aromatic rings. The predicted molar refractivity (Wildman–Crippen MR) is 116 cm³/mol. The first-order chi connectivity index (χ1) is 14.1. The van der Waals surface area contributed by atoms with E-state index in [0.717, 1.165) is 39.0 Å². The molecule has 0 saturated carbocycles. The molecule has 0 aromatic heterocycles. The van der Waals surface area contributed by atoms with Crippen LogP contribution in [0.2, 0.25) is 0 Å². The minimum atomic E-state index is 0.107. The highest BCUT2D eigenvalue weighted by Gasteiger charge is 2.08. The molecule has 29 heavy (non-hydrogen) atoms. The van der Waals surface area contributed by atoms with E-state index in [4.69, 9.17) is 0 Å². The monoisotopic (exact) mass is 380 g/mol. The Labute approximate surface area is 169 Å². The highest BCUT2D eigenvalue weighted by atomic mass is 16.3. The maximum absolute atomic E-state index is 10.3. The number of aromatic hydroxyl groups is 1. The zero-order valence-electron chi connectivity index (χ0n) is 16.2. The van der Waals surface area contributed by atoms with E-state index in [9.17, 15) is 5.11 Å². The minimum Gasteiger partial charge on any atom is -0.506 e. The van der Waals surface area contributed by atoms with E-state index in [2.05, 4.69) is 20.5 Å². The molecule has 5 heteroatoms. The summed E-state index contributed by atoms with van der Waals surface area (Å²) in [6.07, 6.45) is 0. The van der Waals surface area contributed by atoms with E-state index in [-0.39, 0.29) is 5.75 Å². The lowest BCUT2D eigenvalue weighted by Crippen LogP contribution is -1.80. The van der Waals surface area contributed by atoms with E-state index in [1.165, 1.54) is 0 Å². The van der Waals surface area contributed by atoms with Crippen LogP contribution >= 0.6 is 0 Å². The van der Waals surface area contributed by atoms with Crippen molar-refractivity contribution in [2.24, 2.45) is 20.5 Å². The van der Waals surface area contributed by atoms with E-state index >= 15 is 0 Å². The molecule has 0 amide bonds. The molecule has 5 nitrogen and oxygen atoms in total. The van der Waals surface area contributed by atoms with Gasteiger partial charge >= 0.3 is 0 Å². The number of nitrogens with zero attached hydrogens (tertiary/aromatic N) is 4. The molecular weight excluding hydrogens is 360 g/mol. The largest absolute Gasteiger partial charge is 0.506 e. The van der Waals surface area contributed by atoms with Crippen LogP contribution in [0.25, 0.3) is 10.8 Å². The van der Waals surface area contributed by atoms with Crippen LogP contribution in [0.5, 0.6) is 5.75 Å². The number of phenolic OH excluding ortho intramolecular Hbond substituents is 1. The fraction of sp³-hybridized carbons (Fsp3) is 0.0833. The molecule has 0 radical (unpaired) electrons. The molecule has 0 aliphatic carbocycles. The van der Waals surface area contributed by atoms with Gasteiger partial charge in [-0.1, -0.05) is 48.5 Å². The zero-order chi connectivity index (χ0) is 20.2. The molecule has 0 aliphatic rings. The number of hydrogen-bond acceptors (Lipinski definition) is 5. The SMILES string of the molecule is Cc1cc(N=Nc2c(O)ccc3ccccc23)c(C)cc1N=Nc1ccccc1. The number of rotatable bonds is 4. The van der Waals surface area contributed by atoms with E-state index in [0.29, 0.717) is 5.69 Å². The maximum Gasteiger partial charge on any atom is 0.143 e. The lowest BCUT2D eigenvalue weighted by atomic mass is 10.1. The Morgan fingerprint density at radius 1 is 0.621 bits per heavy atom. The molecule has 142 valence electrons. The maximum atomic E-state index is 10.3. The van der Waals surface area contributed by atoms with Gasteiger partial charge in [-0.3, -0.25) is 0 Å². The van der Waals surface area contributed by atoms with Crippen LogP contribution in [-0.4, -0.2) is 5.11 Å². The Morgan fingerprint density at radius 2 is 1.24 bits per heavy atom. The molecule has 0 saturated heterocycles. The average molecular weight is 380 g/mol. The summed E-state index contributed by atoms with van der Waals surface area (Å²) in [5.74, 6) is 0.107. The van der Waals surface area contributed by atoms with Crippen LogP contribution in [0.4, 0.5) is 22.7 Å². The summed E-state index contributed by atoms with van der Waals surface area (Å²) >= 11 is 0. The number of azo groups is 2. The van der Waals surface area contributed by atoms with Gasteiger partial charge in [-0.15, -0.1) is 5.11 Å². The summed E-state index contributed by atoms with van der Waals surface area (Å²) in [6.45, 7) is 3.92. The predicted octanol–water partition coefficient (Wildman–Crippen LogP) is 7.99. The third kappa shape index (κ3) is 4.04. The van der Waals surface area contributed by atoms with Crippen LogP contribution < -0.4 is 0 Å². The lowest BCUT2D eigenvalue weighted by molar-refractivity contribution is 0.477. The van der Waals surface area contributed by atoms with E-state index in [1.807, 2.05) is 86.6 Å². The third-order valence-electron chi connectivity index (χ3n) is 4.68. The molecule has 0 unspecified atom stereocenters. The summed E-state index contributed by atoms with van der Waals surface area (Å²) in [4.78, 5) is 0. The van der Waals surface area contributed by atoms with Crippen molar-refractivity contribution in [1.29, 1.82) is 0 Å².